The van der Waals surface area contributed by atoms with Crippen LogP contribution in [-0.4, -0.2) is 23.2 Å². The molecule has 5 heteroatoms. The average Bonchev–Trinajstić information content (AvgIpc) is 2.97. The molecule has 1 aromatic carbocycles. The minimum atomic E-state index is -0.277. The summed E-state index contributed by atoms with van der Waals surface area (Å²) in [4.78, 5) is 4.54. The summed E-state index contributed by atoms with van der Waals surface area (Å²) in [6.07, 6.45) is 3.09. The summed E-state index contributed by atoms with van der Waals surface area (Å²) >= 11 is 0. The number of rotatable bonds is 3. The largest absolute Gasteiger partial charge is 0.338 e. The van der Waals surface area contributed by atoms with Crippen LogP contribution in [0.1, 0.15) is 37.6 Å². The predicted molar refractivity (Wildman–Crippen MR) is 78.5 cm³/mol. The Bertz CT molecular complexity index is 612. The van der Waals surface area contributed by atoms with Crippen molar-refractivity contribution in [2.75, 3.05) is 13.1 Å². The van der Waals surface area contributed by atoms with Gasteiger partial charge in [0.05, 0.1) is 5.41 Å². The van der Waals surface area contributed by atoms with Gasteiger partial charge in [-0.05, 0) is 56.5 Å². The van der Waals surface area contributed by atoms with E-state index in [1.165, 1.54) is 12.1 Å². The van der Waals surface area contributed by atoms with E-state index in [-0.39, 0.29) is 11.2 Å². The third kappa shape index (κ3) is 2.70. The van der Waals surface area contributed by atoms with Crippen LogP contribution < -0.4 is 5.32 Å². The highest BCUT2D eigenvalue weighted by Gasteiger charge is 2.37. The van der Waals surface area contributed by atoms with Crippen LogP contribution >= 0.6 is 0 Å². The van der Waals surface area contributed by atoms with Gasteiger partial charge in [0.1, 0.15) is 5.82 Å². The lowest BCUT2D eigenvalue weighted by molar-refractivity contribution is 0.221. The number of nitrogens with zero attached hydrogens (tertiary/aromatic N) is 2. The lowest BCUT2D eigenvalue weighted by atomic mass is 9.78. The lowest BCUT2D eigenvalue weighted by Gasteiger charge is -2.33. The number of aromatic nitrogens is 2. The molecule has 1 N–H and O–H groups in total. The van der Waals surface area contributed by atoms with Gasteiger partial charge in [-0.3, -0.25) is 0 Å². The zero-order valence-electron chi connectivity index (χ0n) is 12.4. The van der Waals surface area contributed by atoms with E-state index in [1.54, 1.807) is 0 Å². The van der Waals surface area contributed by atoms with Crippen LogP contribution in [0.2, 0.25) is 0 Å². The van der Waals surface area contributed by atoms with Gasteiger partial charge < -0.3 is 9.84 Å². The molecule has 1 aliphatic rings. The molecule has 0 spiro atoms. The molecule has 3 rings (SSSR count). The van der Waals surface area contributed by atoms with Crippen LogP contribution in [0.3, 0.4) is 0 Å². The first-order valence-electron chi connectivity index (χ1n) is 7.45. The van der Waals surface area contributed by atoms with Crippen LogP contribution in [0, 0.1) is 12.7 Å². The van der Waals surface area contributed by atoms with Crippen molar-refractivity contribution in [1.82, 2.24) is 15.5 Å². The Morgan fingerprint density at radius 2 is 2.24 bits per heavy atom. The average molecular weight is 289 g/mol. The van der Waals surface area contributed by atoms with Crippen LogP contribution in [0.15, 0.2) is 22.7 Å². The summed E-state index contributed by atoms with van der Waals surface area (Å²) < 4.78 is 19.0. The monoisotopic (exact) mass is 289 g/mol. The Labute approximate surface area is 123 Å². The van der Waals surface area contributed by atoms with Crippen molar-refractivity contribution < 1.29 is 8.91 Å². The van der Waals surface area contributed by atoms with E-state index in [1.807, 2.05) is 13.0 Å². The van der Waals surface area contributed by atoms with E-state index < -0.39 is 0 Å². The number of piperidine rings is 1. The van der Waals surface area contributed by atoms with Crippen molar-refractivity contribution in [3.63, 3.8) is 0 Å². The maximum Gasteiger partial charge on any atom is 0.234 e. The van der Waals surface area contributed by atoms with Crippen LogP contribution in [0.5, 0.6) is 0 Å². The summed E-state index contributed by atoms with van der Waals surface area (Å²) in [7, 11) is 0. The molecule has 0 aliphatic carbocycles. The highest BCUT2D eigenvalue weighted by Crippen LogP contribution is 2.34. The smallest absolute Gasteiger partial charge is 0.234 e. The third-order valence-electron chi connectivity index (χ3n) is 4.33. The number of hydrogen-bond acceptors (Lipinski definition) is 4. The van der Waals surface area contributed by atoms with E-state index >= 15 is 0 Å². The number of nitrogens with one attached hydrogen (secondary N) is 1. The minimum absolute atomic E-state index is 0.0914. The highest BCUT2D eigenvalue weighted by molar-refractivity contribution is 5.55. The van der Waals surface area contributed by atoms with Gasteiger partial charge in [-0.1, -0.05) is 12.1 Å². The minimum Gasteiger partial charge on any atom is -0.338 e. The molecule has 1 saturated heterocycles. The normalized spacial score (nSPS) is 22.4. The lowest BCUT2D eigenvalue weighted by Crippen LogP contribution is -2.43. The summed E-state index contributed by atoms with van der Waals surface area (Å²) in [5, 5.41) is 7.46. The van der Waals surface area contributed by atoms with E-state index in [0.29, 0.717) is 17.3 Å². The molecule has 1 aromatic heterocycles. The van der Waals surface area contributed by atoms with E-state index in [0.717, 1.165) is 37.9 Å². The molecule has 0 bridgehead atoms. The molecule has 1 unspecified atom stereocenters. The molecule has 0 amide bonds. The molecular weight excluding hydrogens is 269 g/mol. The fraction of sp³-hybridized carbons (Fsp3) is 0.500. The fourth-order valence-electron chi connectivity index (χ4n) is 3.02. The molecule has 21 heavy (non-hydrogen) atoms. The molecule has 2 aromatic rings. The van der Waals surface area contributed by atoms with Crippen molar-refractivity contribution in [1.29, 1.82) is 0 Å². The second-order valence-electron chi connectivity index (χ2n) is 5.85. The second kappa shape index (κ2) is 5.56. The first-order valence-corrected chi connectivity index (χ1v) is 7.45. The molecule has 4 nitrogen and oxygen atoms in total. The van der Waals surface area contributed by atoms with Gasteiger partial charge in [-0.25, -0.2) is 4.39 Å². The first kappa shape index (κ1) is 14.2. The molecule has 0 saturated carbocycles. The van der Waals surface area contributed by atoms with Gasteiger partial charge >= 0.3 is 0 Å². The molecule has 1 atom stereocenters. The standard InChI is InChI=1S/C16H20FN3O/c1-3-16(5-4-6-18-10-16)15-19-14(20-21-15)12-7-11(2)8-13(17)9-12/h7-9,18H,3-6,10H2,1-2H3. The van der Waals surface area contributed by atoms with Crippen molar-refractivity contribution >= 4 is 0 Å². The maximum atomic E-state index is 13.5. The van der Waals surface area contributed by atoms with Crippen molar-refractivity contribution in [2.24, 2.45) is 0 Å². The van der Waals surface area contributed by atoms with E-state index in [2.05, 4.69) is 22.4 Å². The van der Waals surface area contributed by atoms with Crippen LogP contribution in [-0.2, 0) is 5.41 Å². The molecular formula is C16H20FN3O. The maximum absolute atomic E-state index is 13.5. The van der Waals surface area contributed by atoms with Gasteiger partial charge in [0.25, 0.3) is 0 Å². The van der Waals surface area contributed by atoms with Crippen molar-refractivity contribution in [3.05, 3.63) is 35.5 Å². The number of benzene rings is 1. The van der Waals surface area contributed by atoms with Crippen molar-refractivity contribution in [3.8, 4) is 11.4 Å². The van der Waals surface area contributed by atoms with Gasteiger partial charge in [-0.2, -0.15) is 4.98 Å². The zero-order chi connectivity index (χ0) is 14.9. The van der Waals surface area contributed by atoms with Gasteiger partial charge in [0.15, 0.2) is 0 Å². The number of aryl methyl sites for hydroxylation is 1. The van der Waals surface area contributed by atoms with E-state index in [9.17, 15) is 4.39 Å². The van der Waals surface area contributed by atoms with Crippen LogP contribution in [0.4, 0.5) is 4.39 Å². The molecule has 1 fully saturated rings. The van der Waals surface area contributed by atoms with Gasteiger partial charge in [-0.15, -0.1) is 0 Å². The Hall–Kier alpha value is -1.75. The second-order valence-corrected chi connectivity index (χ2v) is 5.85. The number of halogens is 1. The molecule has 2 heterocycles. The van der Waals surface area contributed by atoms with Crippen molar-refractivity contribution in [2.45, 2.75) is 38.5 Å². The molecule has 0 radical (unpaired) electrons. The SMILES string of the molecule is CCC1(c2nc(-c3cc(C)cc(F)c3)no2)CCCNC1. The molecule has 1 aliphatic heterocycles. The highest BCUT2D eigenvalue weighted by atomic mass is 19.1. The topological polar surface area (TPSA) is 51.0 Å². The Morgan fingerprint density at radius 3 is 2.90 bits per heavy atom. The Kier molecular flexibility index (Phi) is 3.76. The third-order valence-corrected chi connectivity index (χ3v) is 4.33. The van der Waals surface area contributed by atoms with Gasteiger partial charge in [0.2, 0.25) is 11.7 Å². The predicted octanol–water partition coefficient (Wildman–Crippen LogP) is 3.22. The fourth-order valence-corrected chi connectivity index (χ4v) is 3.02. The number of hydrogen-bond donors (Lipinski definition) is 1. The zero-order valence-corrected chi connectivity index (χ0v) is 12.4. The quantitative estimate of drug-likeness (QED) is 0.942. The summed E-state index contributed by atoms with van der Waals surface area (Å²) in [6, 6.07) is 4.80. The summed E-state index contributed by atoms with van der Waals surface area (Å²) in [6.45, 7) is 5.88. The Morgan fingerprint density at radius 1 is 1.38 bits per heavy atom. The Balaban J connectivity index is 1.95. The van der Waals surface area contributed by atoms with E-state index in [4.69, 9.17) is 4.52 Å². The summed E-state index contributed by atoms with van der Waals surface area (Å²) in [5.41, 5.74) is 1.42. The first-order chi connectivity index (χ1) is 10.1. The molecule has 112 valence electrons. The van der Waals surface area contributed by atoms with Gasteiger partial charge in [0, 0.05) is 12.1 Å². The van der Waals surface area contributed by atoms with Crippen LogP contribution in [0.25, 0.3) is 11.4 Å². The summed E-state index contributed by atoms with van der Waals surface area (Å²) in [5.74, 6) is 0.848.